The van der Waals surface area contributed by atoms with Gasteiger partial charge in [0.2, 0.25) is 0 Å². The number of thiazole rings is 1. The summed E-state index contributed by atoms with van der Waals surface area (Å²) in [6.45, 7) is 4.38. The molecule has 0 radical (unpaired) electrons. The van der Waals surface area contributed by atoms with E-state index in [1.807, 2.05) is 24.0 Å². The first kappa shape index (κ1) is 12.4. The molecule has 5 heteroatoms. The van der Waals surface area contributed by atoms with Crippen molar-refractivity contribution in [1.29, 1.82) is 0 Å². The van der Waals surface area contributed by atoms with Crippen LogP contribution in [0.3, 0.4) is 0 Å². The lowest BCUT2D eigenvalue weighted by atomic mass is 10.2. The SMILES string of the molecule is CC(Nc1cccnc1N1CCCC1)c1cncs1. The van der Waals surface area contributed by atoms with Crippen LogP contribution in [0.1, 0.15) is 30.7 Å². The largest absolute Gasteiger partial charge is 0.375 e. The number of pyridine rings is 1. The van der Waals surface area contributed by atoms with Crippen LogP contribution >= 0.6 is 11.3 Å². The fourth-order valence-corrected chi connectivity index (χ4v) is 3.06. The Kier molecular flexibility index (Phi) is 3.64. The van der Waals surface area contributed by atoms with Gasteiger partial charge in [0.1, 0.15) is 0 Å². The molecule has 1 atom stereocenters. The Balaban J connectivity index is 1.80. The van der Waals surface area contributed by atoms with E-state index in [-0.39, 0.29) is 6.04 Å². The van der Waals surface area contributed by atoms with Crippen molar-refractivity contribution in [1.82, 2.24) is 9.97 Å². The molecular formula is C14H18N4S. The highest BCUT2D eigenvalue weighted by atomic mass is 32.1. The molecule has 1 saturated heterocycles. The van der Waals surface area contributed by atoms with Crippen molar-refractivity contribution in [2.75, 3.05) is 23.3 Å². The fourth-order valence-electron chi connectivity index (χ4n) is 2.43. The lowest BCUT2D eigenvalue weighted by Crippen LogP contribution is -2.21. The molecule has 0 aromatic carbocycles. The number of aromatic nitrogens is 2. The molecule has 0 amide bonds. The summed E-state index contributed by atoms with van der Waals surface area (Å²) in [6.07, 6.45) is 6.32. The summed E-state index contributed by atoms with van der Waals surface area (Å²) in [6, 6.07) is 4.36. The first-order valence-corrected chi connectivity index (χ1v) is 7.57. The molecule has 3 heterocycles. The average molecular weight is 274 g/mol. The van der Waals surface area contributed by atoms with E-state index >= 15 is 0 Å². The van der Waals surface area contributed by atoms with Crippen LogP contribution in [0.5, 0.6) is 0 Å². The Morgan fingerprint density at radius 1 is 1.37 bits per heavy atom. The molecule has 2 aromatic heterocycles. The zero-order valence-corrected chi connectivity index (χ0v) is 11.9. The third-order valence-electron chi connectivity index (χ3n) is 3.44. The van der Waals surface area contributed by atoms with Gasteiger partial charge in [-0.05, 0) is 31.9 Å². The van der Waals surface area contributed by atoms with E-state index < -0.39 is 0 Å². The van der Waals surface area contributed by atoms with Crippen LogP contribution < -0.4 is 10.2 Å². The number of hydrogen-bond acceptors (Lipinski definition) is 5. The number of rotatable bonds is 4. The minimum Gasteiger partial charge on any atom is -0.375 e. The number of hydrogen-bond donors (Lipinski definition) is 1. The number of anilines is 2. The van der Waals surface area contributed by atoms with Crippen molar-refractivity contribution in [2.24, 2.45) is 0 Å². The van der Waals surface area contributed by atoms with Crippen molar-refractivity contribution in [2.45, 2.75) is 25.8 Å². The van der Waals surface area contributed by atoms with Gasteiger partial charge < -0.3 is 10.2 Å². The average Bonchev–Trinajstić information content (AvgIpc) is 3.13. The summed E-state index contributed by atoms with van der Waals surface area (Å²) in [5, 5.41) is 3.56. The van der Waals surface area contributed by atoms with Gasteiger partial charge in [-0.2, -0.15) is 0 Å². The highest BCUT2D eigenvalue weighted by molar-refractivity contribution is 7.09. The Bertz CT molecular complexity index is 520. The van der Waals surface area contributed by atoms with Gasteiger partial charge in [-0.15, -0.1) is 11.3 Å². The summed E-state index contributed by atoms with van der Waals surface area (Å²) < 4.78 is 0. The molecule has 1 unspecified atom stereocenters. The van der Waals surface area contributed by atoms with E-state index in [4.69, 9.17) is 0 Å². The molecular weight excluding hydrogens is 256 g/mol. The Morgan fingerprint density at radius 2 is 2.21 bits per heavy atom. The molecule has 3 rings (SSSR count). The van der Waals surface area contributed by atoms with Gasteiger partial charge in [0.05, 0.1) is 17.2 Å². The molecule has 1 fully saturated rings. The molecule has 1 N–H and O–H groups in total. The molecule has 2 aromatic rings. The molecule has 1 aliphatic heterocycles. The van der Waals surface area contributed by atoms with Crippen LogP contribution in [-0.2, 0) is 0 Å². The minimum absolute atomic E-state index is 0.262. The van der Waals surface area contributed by atoms with Gasteiger partial charge in [-0.1, -0.05) is 0 Å². The third-order valence-corrected chi connectivity index (χ3v) is 4.40. The molecule has 19 heavy (non-hydrogen) atoms. The maximum Gasteiger partial charge on any atom is 0.151 e. The lowest BCUT2D eigenvalue weighted by molar-refractivity contribution is 0.885. The van der Waals surface area contributed by atoms with Crippen molar-refractivity contribution >= 4 is 22.8 Å². The monoisotopic (exact) mass is 274 g/mol. The predicted molar refractivity (Wildman–Crippen MR) is 79.8 cm³/mol. The fraction of sp³-hybridized carbons (Fsp3) is 0.429. The van der Waals surface area contributed by atoms with Crippen LogP contribution in [0, 0.1) is 0 Å². The summed E-state index contributed by atoms with van der Waals surface area (Å²) in [4.78, 5) is 12.3. The minimum atomic E-state index is 0.262. The van der Waals surface area contributed by atoms with Gasteiger partial charge in [0.15, 0.2) is 5.82 Å². The molecule has 0 saturated carbocycles. The van der Waals surface area contributed by atoms with E-state index in [2.05, 4.69) is 33.2 Å². The normalized spacial score (nSPS) is 16.6. The first-order chi connectivity index (χ1) is 9.34. The van der Waals surface area contributed by atoms with Crippen molar-refractivity contribution in [3.05, 3.63) is 34.9 Å². The molecule has 4 nitrogen and oxygen atoms in total. The summed E-state index contributed by atoms with van der Waals surface area (Å²) in [5.74, 6) is 1.08. The molecule has 100 valence electrons. The zero-order chi connectivity index (χ0) is 13.1. The highest BCUT2D eigenvalue weighted by Gasteiger charge is 2.18. The molecule has 0 aliphatic carbocycles. The Labute approximate surface area is 117 Å². The van der Waals surface area contributed by atoms with E-state index in [9.17, 15) is 0 Å². The third kappa shape index (κ3) is 2.71. The zero-order valence-electron chi connectivity index (χ0n) is 11.0. The topological polar surface area (TPSA) is 41.1 Å². The molecule has 1 aliphatic rings. The summed E-state index contributed by atoms with van der Waals surface area (Å²) in [7, 11) is 0. The van der Waals surface area contributed by atoms with Gasteiger partial charge in [0, 0.05) is 30.4 Å². The van der Waals surface area contributed by atoms with Crippen LogP contribution in [0.4, 0.5) is 11.5 Å². The second-order valence-corrected chi connectivity index (χ2v) is 5.76. The Hall–Kier alpha value is -1.62. The molecule has 0 bridgehead atoms. The highest BCUT2D eigenvalue weighted by Crippen LogP contribution is 2.30. The van der Waals surface area contributed by atoms with Crippen molar-refractivity contribution < 1.29 is 0 Å². The second kappa shape index (κ2) is 5.57. The quantitative estimate of drug-likeness (QED) is 0.928. The Morgan fingerprint density at radius 3 is 2.95 bits per heavy atom. The summed E-state index contributed by atoms with van der Waals surface area (Å²) >= 11 is 1.68. The van der Waals surface area contributed by atoms with Crippen LogP contribution in [0.2, 0.25) is 0 Å². The molecule has 0 spiro atoms. The van der Waals surface area contributed by atoms with E-state index in [1.54, 1.807) is 11.3 Å². The van der Waals surface area contributed by atoms with Gasteiger partial charge in [-0.3, -0.25) is 4.98 Å². The van der Waals surface area contributed by atoms with Crippen LogP contribution in [-0.4, -0.2) is 23.1 Å². The van der Waals surface area contributed by atoms with Crippen molar-refractivity contribution in [3.8, 4) is 0 Å². The number of nitrogens with zero attached hydrogens (tertiary/aromatic N) is 3. The summed E-state index contributed by atoms with van der Waals surface area (Å²) in [5.41, 5.74) is 2.99. The van der Waals surface area contributed by atoms with Gasteiger partial charge >= 0.3 is 0 Å². The maximum atomic E-state index is 4.55. The van der Waals surface area contributed by atoms with E-state index in [0.717, 1.165) is 24.6 Å². The van der Waals surface area contributed by atoms with Crippen LogP contribution in [0.25, 0.3) is 0 Å². The first-order valence-electron chi connectivity index (χ1n) is 6.69. The number of nitrogens with one attached hydrogen (secondary N) is 1. The predicted octanol–water partition coefficient (Wildman–Crippen LogP) is 3.31. The second-order valence-electron chi connectivity index (χ2n) is 4.84. The van der Waals surface area contributed by atoms with Gasteiger partial charge in [-0.25, -0.2) is 4.98 Å². The maximum absolute atomic E-state index is 4.55. The smallest absolute Gasteiger partial charge is 0.151 e. The van der Waals surface area contributed by atoms with Crippen LogP contribution in [0.15, 0.2) is 30.0 Å². The van der Waals surface area contributed by atoms with E-state index in [0.29, 0.717) is 0 Å². The van der Waals surface area contributed by atoms with E-state index in [1.165, 1.54) is 17.7 Å². The lowest BCUT2D eigenvalue weighted by Gasteiger charge is -2.22. The van der Waals surface area contributed by atoms with Crippen molar-refractivity contribution in [3.63, 3.8) is 0 Å². The standard InChI is InChI=1S/C14H18N4S/c1-11(13-9-15-10-19-13)17-12-5-4-6-16-14(12)18-7-2-3-8-18/h4-6,9-11,17H,2-3,7-8H2,1H3. The van der Waals surface area contributed by atoms with Gasteiger partial charge in [0.25, 0.3) is 0 Å².